The lowest BCUT2D eigenvalue weighted by Crippen LogP contribution is -1.94. The minimum atomic E-state index is -1.18. The largest absolute Gasteiger partial charge is 0.476 e. The summed E-state index contributed by atoms with van der Waals surface area (Å²) in [6.45, 7) is -0.614. The molecule has 0 saturated carbocycles. The predicted molar refractivity (Wildman–Crippen MR) is 58.7 cm³/mol. The van der Waals surface area contributed by atoms with E-state index < -0.39 is 12.6 Å². The molecule has 1 aromatic carbocycles. The van der Waals surface area contributed by atoms with Crippen molar-refractivity contribution in [1.29, 1.82) is 0 Å². The SMILES string of the molecule is O=C(O)c1cc(-c2ccc(CF)cc2Cl)on1. The number of aromatic nitrogens is 1. The van der Waals surface area contributed by atoms with Crippen LogP contribution in [-0.4, -0.2) is 16.2 Å². The summed E-state index contributed by atoms with van der Waals surface area (Å²) in [5.74, 6) is -0.950. The van der Waals surface area contributed by atoms with E-state index in [1.807, 2.05) is 0 Å². The normalized spacial score (nSPS) is 10.5. The fourth-order valence-electron chi connectivity index (χ4n) is 1.34. The van der Waals surface area contributed by atoms with Crippen LogP contribution < -0.4 is 0 Å². The van der Waals surface area contributed by atoms with Gasteiger partial charge < -0.3 is 9.63 Å². The van der Waals surface area contributed by atoms with Gasteiger partial charge in [0.05, 0.1) is 5.02 Å². The number of rotatable bonds is 3. The number of hydrogen-bond acceptors (Lipinski definition) is 3. The Bertz CT molecular complexity index is 568. The van der Waals surface area contributed by atoms with E-state index in [4.69, 9.17) is 21.2 Å². The molecular weight excluding hydrogens is 249 g/mol. The zero-order valence-corrected chi connectivity index (χ0v) is 9.24. The molecule has 17 heavy (non-hydrogen) atoms. The first-order valence-corrected chi connectivity index (χ1v) is 5.04. The number of nitrogens with zero attached hydrogens (tertiary/aromatic N) is 1. The maximum Gasteiger partial charge on any atom is 0.358 e. The van der Waals surface area contributed by atoms with Crippen molar-refractivity contribution in [2.75, 3.05) is 0 Å². The number of carboxylic acid groups (broad SMARTS) is 1. The van der Waals surface area contributed by atoms with Gasteiger partial charge in [-0.2, -0.15) is 0 Å². The van der Waals surface area contributed by atoms with Crippen LogP contribution in [-0.2, 0) is 6.67 Å². The molecule has 1 heterocycles. The van der Waals surface area contributed by atoms with Gasteiger partial charge in [-0.1, -0.05) is 22.8 Å². The van der Waals surface area contributed by atoms with Gasteiger partial charge in [0.2, 0.25) is 0 Å². The number of carbonyl (C=O) groups is 1. The lowest BCUT2D eigenvalue weighted by atomic mass is 10.1. The Kier molecular flexibility index (Phi) is 3.10. The third-order valence-electron chi connectivity index (χ3n) is 2.18. The molecule has 0 saturated heterocycles. The Hall–Kier alpha value is -1.88. The molecule has 0 amide bonds. The van der Waals surface area contributed by atoms with Crippen LogP contribution in [0.5, 0.6) is 0 Å². The summed E-state index contributed by atoms with van der Waals surface area (Å²) in [6.07, 6.45) is 0. The fourth-order valence-corrected chi connectivity index (χ4v) is 1.64. The van der Waals surface area contributed by atoms with E-state index in [2.05, 4.69) is 5.16 Å². The summed E-state index contributed by atoms with van der Waals surface area (Å²) in [6, 6.07) is 5.83. The lowest BCUT2D eigenvalue weighted by Gasteiger charge is -2.01. The average molecular weight is 256 g/mol. The average Bonchev–Trinajstić information content (AvgIpc) is 2.78. The van der Waals surface area contributed by atoms with Gasteiger partial charge >= 0.3 is 5.97 Å². The van der Waals surface area contributed by atoms with Gasteiger partial charge in [0.15, 0.2) is 11.5 Å². The second-order valence-corrected chi connectivity index (χ2v) is 3.74. The number of benzene rings is 1. The molecule has 0 fully saturated rings. The topological polar surface area (TPSA) is 63.3 Å². The molecule has 0 aliphatic rings. The van der Waals surface area contributed by atoms with Crippen LogP contribution in [0.3, 0.4) is 0 Å². The molecule has 2 rings (SSSR count). The Labute approximate surface area is 101 Å². The predicted octanol–water partition coefficient (Wildman–Crippen LogP) is 3.16. The summed E-state index contributed by atoms with van der Waals surface area (Å²) in [7, 11) is 0. The van der Waals surface area contributed by atoms with Crippen molar-refractivity contribution in [3.8, 4) is 11.3 Å². The number of halogens is 2. The van der Waals surface area contributed by atoms with Crippen molar-refractivity contribution in [3.63, 3.8) is 0 Å². The van der Waals surface area contributed by atoms with E-state index in [1.165, 1.54) is 12.1 Å². The molecule has 2 aromatic rings. The molecular formula is C11H7ClFNO3. The molecule has 1 aromatic heterocycles. The van der Waals surface area contributed by atoms with E-state index in [0.29, 0.717) is 11.1 Å². The van der Waals surface area contributed by atoms with Crippen LogP contribution in [0.2, 0.25) is 5.02 Å². The highest BCUT2D eigenvalue weighted by molar-refractivity contribution is 6.33. The van der Waals surface area contributed by atoms with Crippen LogP contribution in [0.15, 0.2) is 28.8 Å². The fraction of sp³-hybridized carbons (Fsp3) is 0.0909. The minimum Gasteiger partial charge on any atom is -0.476 e. The second kappa shape index (κ2) is 4.55. The Morgan fingerprint density at radius 1 is 1.47 bits per heavy atom. The lowest BCUT2D eigenvalue weighted by molar-refractivity contribution is 0.0686. The number of aromatic carboxylic acids is 1. The van der Waals surface area contributed by atoms with Gasteiger partial charge in [0.25, 0.3) is 0 Å². The van der Waals surface area contributed by atoms with E-state index in [0.717, 1.165) is 0 Å². The molecule has 6 heteroatoms. The first kappa shape index (κ1) is 11.6. The van der Waals surface area contributed by atoms with Crippen LogP contribution in [0.1, 0.15) is 16.1 Å². The second-order valence-electron chi connectivity index (χ2n) is 3.33. The van der Waals surface area contributed by atoms with Gasteiger partial charge in [-0.25, -0.2) is 9.18 Å². The quantitative estimate of drug-likeness (QED) is 0.915. The monoisotopic (exact) mass is 255 g/mol. The van der Waals surface area contributed by atoms with Crippen LogP contribution in [0.25, 0.3) is 11.3 Å². The van der Waals surface area contributed by atoms with E-state index in [-0.39, 0.29) is 16.5 Å². The first-order valence-electron chi connectivity index (χ1n) is 4.66. The Morgan fingerprint density at radius 2 is 2.24 bits per heavy atom. The van der Waals surface area contributed by atoms with Crippen molar-refractivity contribution in [3.05, 3.63) is 40.5 Å². The molecule has 0 atom stereocenters. The van der Waals surface area contributed by atoms with Gasteiger partial charge in [-0.15, -0.1) is 0 Å². The van der Waals surface area contributed by atoms with Crippen molar-refractivity contribution in [2.24, 2.45) is 0 Å². The van der Waals surface area contributed by atoms with Crippen molar-refractivity contribution >= 4 is 17.6 Å². The Balaban J connectivity index is 2.42. The highest BCUT2D eigenvalue weighted by Crippen LogP contribution is 2.29. The van der Waals surface area contributed by atoms with Crippen molar-refractivity contribution < 1.29 is 18.8 Å². The molecule has 0 unspecified atom stereocenters. The number of hydrogen-bond donors (Lipinski definition) is 1. The van der Waals surface area contributed by atoms with Crippen LogP contribution in [0, 0.1) is 0 Å². The smallest absolute Gasteiger partial charge is 0.358 e. The maximum absolute atomic E-state index is 12.4. The van der Waals surface area contributed by atoms with Crippen molar-refractivity contribution in [2.45, 2.75) is 6.67 Å². The van der Waals surface area contributed by atoms with Gasteiger partial charge in [-0.3, -0.25) is 0 Å². The molecule has 0 spiro atoms. The molecule has 0 radical (unpaired) electrons. The third-order valence-corrected chi connectivity index (χ3v) is 2.50. The van der Waals surface area contributed by atoms with Crippen molar-refractivity contribution in [1.82, 2.24) is 5.16 Å². The van der Waals surface area contributed by atoms with Gasteiger partial charge in [0, 0.05) is 11.6 Å². The first-order chi connectivity index (χ1) is 8.11. The van der Waals surface area contributed by atoms with Gasteiger partial charge in [0.1, 0.15) is 6.67 Å². The molecule has 0 bridgehead atoms. The third kappa shape index (κ3) is 2.29. The zero-order valence-electron chi connectivity index (χ0n) is 8.48. The summed E-state index contributed by atoms with van der Waals surface area (Å²) < 4.78 is 17.2. The standard InChI is InChI=1S/C11H7ClFNO3/c12-8-3-6(5-13)1-2-7(8)10-4-9(11(15)16)14-17-10/h1-4H,5H2,(H,15,16). The molecule has 0 aliphatic heterocycles. The highest BCUT2D eigenvalue weighted by atomic mass is 35.5. The maximum atomic E-state index is 12.4. The number of alkyl halides is 1. The van der Waals surface area contributed by atoms with Crippen LogP contribution in [0.4, 0.5) is 4.39 Å². The van der Waals surface area contributed by atoms with Gasteiger partial charge in [-0.05, 0) is 17.7 Å². The zero-order chi connectivity index (χ0) is 12.4. The Morgan fingerprint density at radius 3 is 2.76 bits per heavy atom. The van der Waals surface area contributed by atoms with Crippen LogP contribution >= 0.6 is 11.6 Å². The highest BCUT2D eigenvalue weighted by Gasteiger charge is 2.14. The summed E-state index contributed by atoms with van der Waals surface area (Å²) in [5, 5.41) is 12.3. The van der Waals surface area contributed by atoms with E-state index in [9.17, 15) is 9.18 Å². The molecule has 88 valence electrons. The molecule has 4 nitrogen and oxygen atoms in total. The summed E-state index contributed by atoms with van der Waals surface area (Å²) in [4.78, 5) is 10.6. The molecule has 0 aliphatic carbocycles. The van der Waals surface area contributed by atoms with E-state index >= 15 is 0 Å². The van der Waals surface area contributed by atoms with E-state index in [1.54, 1.807) is 12.1 Å². The summed E-state index contributed by atoms with van der Waals surface area (Å²) in [5.41, 5.74) is 0.714. The number of carboxylic acids is 1. The minimum absolute atomic E-state index is 0.203. The summed E-state index contributed by atoms with van der Waals surface area (Å²) >= 11 is 5.93. The molecule has 1 N–H and O–H groups in total.